The zero-order chi connectivity index (χ0) is 19.8. The second-order valence-corrected chi connectivity index (χ2v) is 7.90. The van der Waals surface area contributed by atoms with E-state index in [0.717, 1.165) is 37.1 Å². The lowest BCUT2D eigenvalue weighted by atomic mass is 9.92. The number of hydrogen-bond acceptors (Lipinski definition) is 7. The maximum atomic E-state index is 6.18. The predicted molar refractivity (Wildman–Crippen MR) is 113 cm³/mol. The van der Waals surface area contributed by atoms with Gasteiger partial charge in [0.1, 0.15) is 5.82 Å². The molecule has 2 heterocycles. The Morgan fingerprint density at radius 2 is 1.89 bits per heavy atom. The molecule has 0 aliphatic heterocycles. The Morgan fingerprint density at radius 1 is 1.14 bits per heavy atom. The highest BCUT2D eigenvalue weighted by atomic mass is 35.5. The number of aryl methyl sites for hydroxylation is 1. The van der Waals surface area contributed by atoms with E-state index in [0.29, 0.717) is 52.1 Å². The van der Waals surface area contributed by atoms with E-state index in [4.69, 9.17) is 28.8 Å². The van der Waals surface area contributed by atoms with Crippen molar-refractivity contribution in [2.75, 3.05) is 16.8 Å². The van der Waals surface area contributed by atoms with Gasteiger partial charge in [-0.2, -0.15) is 9.97 Å². The summed E-state index contributed by atoms with van der Waals surface area (Å²) in [6.45, 7) is 0. The number of benzene rings is 1. The van der Waals surface area contributed by atoms with Crippen molar-refractivity contribution in [2.24, 2.45) is 12.8 Å². The fourth-order valence-corrected chi connectivity index (χ4v) is 3.89. The smallest absolute Gasteiger partial charge is 0.226 e. The lowest BCUT2D eigenvalue weighted by molar-refractivity contribution is 0.410. The van der Waals surface area contributed by atoms with Crippen molar-refractivity contribution in [1.29, 1.82) is 0 Å². The minimum Gasteiger partial charge on any atom is -0.398 e. The Morgan fingerprint density at radius 3 is 2.64 bits per heavy atom. The summed E-state index contributed by atoms with van der Waals surface area (Å²) in [6, 6.07) is 6.04. The Hall–Kier alpha value is -2.58. The van der Waals surface area contributed by atoms with Crippen molar-refractivity contribution in [1.82, 2.24) is 19.5 Å². The Kier molecular flexibility index (Phi) is 4.99. The van der Waals surface area contributed by atoms with Crippen LogP contribution in [0.5, 0.6) is 0 Å². The minimum atomic E-state index is 0.296. The van der Waals surface area contributed by atoms with Gasteiger partial charge in [-0.15, -0.1) is 0 Å². The molecular formula is C19H25ClN8. The van der Waals surface area contributed by atoms with E-state index >= 15 is 0 Å². The third-order valence-corrected chi connectivity index (χ3v) is 5.63. The van der Waals surface area contributed by atoms with Gasteiger partial charge in [-0.3, -0.25) is 0 Å². The molecule has 1 aliphatic carbocycles. The SMILES string of the molecule is Cn1c(Cc2cc(Cl)ccc2N)nc2c(N)nc(NC3CCC(N)CC3)nc21. The quantitative estimate of drug-likeness (QED) is 0.494. The van der Waals surface area contributed by atoms with Gasteiger partial charge in [-0.05, 0) is 49.4 Å². The average Bonchev–Trinajstić information content (AvgIpc) is 2.97. The molecule has 28 heavy (non-hydrogen) atoms. The number of nitrogens with two attached hydrogens (primary N) is 3. The molecule has 2 aromatic heterocycles. The second kappa shape index (κ2) is 7.44. The number of nitrogen functional groups attached to an aromatic ring is 2. The molecule has 0 unspecified atom stereocenters. The number of anilines is 3. The molecule has 0 atom stereocenters. The first-order valence-corrected chi connectivity index (χ1v) is 9.83. The van der Waals surface area contributed by atoms with Crippen LogP contribution in [0.25, 0.3) is 11.2 Å². The van der Waals surface area contributed by atoms with Crippen molar-refractivity contribution in [3.8, 4) is 0 Å². The Bertz CT molecular complexity index is 1010. The summed E-state index contributed by atoms with van der Waals surface area (Å²) >= 11 is 6.11. The van der Waals surface area contributed by atoms with E-state index in [1.165, 1.54) is 0 Å². The molecule has 8 nitrogen and oxygen atoms in total. The van der Waals surface area contributed by atoms with E-state index in [2.05, 4.69) is 20.3 Å². The highest BCUT2D eigenvalue weighted by Gasteiger charge is 2.21. The number of hydrogen-bond donors (Lipinski definition) is 4. The first-order chi connectivity index (χ1) is 13.4. The highest BCUT2D eigenvalue weighted by Crippen LogP contribution is 2.26. The molecule has 1 aliphatic rings. The number of aromatic nitrogens is 4. The molecule has 0 radical (unpaired) electrons. The fourth-order valence-electron chi connectivity index (χ4n) is 3.69. The molecule has 7 N–H and O–H groups in total. The third-order valence-electron chi connectivity index (χ3n) is 5.40. The number of imidazole rings is 1. The van der Waals surface area contributed by atoms with Gasteiger partial charge in [0.05, 0.1) is 0 Å². The third kappa shape index (κ3) is 3.70. The molecule has 0 bridgehead atoms. The van der Waals surface area contributed by atoms with Gasteiger partial charge in [0.15, 0.2) is 17.0 Å². The maximum Gasteiger partial charge on any atom is 0.226 e. The molecule has 9 heteroatoms. The standard InChI is InChI=1S/C19H25ClN8/c1-28-15(9-10-8-11(20)2-7-14(10)22)25-16-17(23)26-19(27-18(16)28)24-13-5-3-12(21)4-6-13/h2,7-8,12-13H,3-6,9,21-22H2,1H3,(H3,23,24,26,27). The van der Waals surface area contributed by atoms with Gasteiger partial charge in [0.25, 0.3) is 0 Å². The molecule has 0 saturated heterocycles. The van der Waals surface area contributed by atoms with Gasteiger partial charge in [-0.25, -0.2) is 4.98 Å². The summed E-state index contributed by atoms with van der Waals surface area (Å²) in [7, 11) is 1.92. The molecular weight excluding hydrogens is 376 g/mol. The second-order valence-electron chi connectivity index (χ2n) is 7.47. The predicted octanol–water partition coefficient (Wildman–Crippen LogP) is 2.45. The van der Waals surface area contributed by atoms with Crippen molar-refractivity contribution in [3.05, 3.63) is 34.6 Å². The van der Waals surface area contributed by atoms with E-state index < -0.39 is 0 Å². The van der Waals surface area contributed by atoms with Crippen LogP contribution in [0.2, 0.25) is 5.02 Å². The molecule has 4 rings (SSSR count). The highest BCUT2D eigenvalue weighted by molar-refractivity contribution is 6.30. The van der Waals surface area contributed by atoms with E-state index in [-0.39, 0.29) is 0 Å². The van der Waals surface area contributed by atoms with Crippen LogP contribution in [0.1, 0.15) is 37.1 Å². The van der Waals surface area contributed by atoms with E-state index in [1.807, 2.05) is 17.7 Å². The number of nitrogens with zero attached hydrogens (tertiary/aromatic N) is 4. The molecule has 148 valence electrons. The van der Waals surface area contributed by atoms with E-state index in [1.54, 1.807) is 12.1 Å². The summed E-state index contributed by atoms with van der Waals surface area (Å²) < 4.78 is 1.93. The van der Waals surface area contributed by atoms with Crippen molar-refractivity contribution in [3.63, 3.8) is 0 Å². The fraction of sp³-hybridized carbons (Fsp3) is 0.421. The van der Waals surface area contributed by atoms with Crippen LogP contribution in [0.4, 0.5) is 17.5 Å². The summed E-state index contributed by atoms with van der Waals surface area (Å²) in [5.41, 5.74) is 21.1. The molecule has 1 saturated carbocycles. The number of fused-ring (bicyclic) bond motifs is 1. The zero-order valence-corrected chi connectivity index (χ0v) is 16.6. The minimum absolute atomic E-state index is 0.296. The number of nitrogens with one attached hydrogen (secondary N) is 1. The van der Waals surface area contributed by atoms with Crippen LogP contribution in [-0.2, 0) is 13.5 Å². The summed E-state index contributed by atoms with van der Waals surface area (Å²) in [5.74, 6) is 1.69. The van der Waals surface area contributed by atoms with Gasteiger partial charge in [0.2, 0.25) is 5.95 Å². The maximum absolute atomic E-state index is 6.18. The first kappa shape index (κ1) is 18.8. The van der Waals surface area contributed by atoms with Crippen molar-refractivity contribution in [2.45, 2.75) is 44.2 Å². The molecule has 1 aromatic carbocycles. The Balaban J connectivity index is 1.63. The van der Waals surface area contributed by atoms with Gasteiger partial charge in [-0.1, -0.05) is 11.6 Å². The van der Waals surface area contributed by atoms with Gasteiger partial charge >= 0.3 is 0 Å². The molecule has 1 fully saturated rings. The lowest BCUT2D eigenvalue weighted by Crippen LogP contribution is -2.33. The van der Waals surface area contributed by atoms with Crippen LogP contribution in [-0.4, -0.2) is 31.6 Å². The zero-order valence-electron chi connectivity index (χ0n) is 15.8. The van der Waals surface area contributed by atoms with Crippen molar-refractivity contribution >= 4 is 40.2 Å². The van der Waals surface area contributed by atoms with Gasteiger partial charge < -0.3 is 27.1 Å². The van der Waals surface area contributed by atoms with Crippen LogP contribution in [0, 0.1) is 0 Å². The van der Waals surface area contributed by atoms with Crippen LogP contribution in [0.3, 0.4) is 0 Å². The number of halogens is 1. The van der Waals surface area contributed by atoms with Crippen LogP contribution < -0.4 is 22.5 Å². The Labute approximate surface area is 168 Å². The van der Waals surface area contributed by atoms with Crippen LogP contribution in [0.15, 0.2) is 18.2 Å². The number of rotatable bonds is 4. The largest absolute Gasteiger partial charge is 0.398 e. The average molecular weight is 401 g/mol. The first-order valence-electron chi connectivity index (χ1n) is 9.45. The molecule has 0 spiro atoms. The topological polar surface area (TPSA) is 134 Å². The monoisotopic (exact) mass is 400 g/mol. The lowest BCUT2D eigenvalue weighted by Gasteiger charge is -2.26. The summed E-state index contributed by atoms with van der Waals surface area (Å²) in [5, 5.41) is 4.04. The van der Waals surface area contributed by atoms with Crippen LogP contribution >= 0.6 is 11.6 Å². The van der Waals surface area contributed by atoms with Gasteiger partial charge in [0, 0.05) is 36.3 Å². The van der Waals surface area contributed by atoms with E-state index in [9.17, 15) is 0 Å². The normalized spacial score (nSPS) is 19.8. The van der Waals surface area contributed by atoms with Crippen molar-refractivity contribution < 1.29 is 0 Å². The summed E-state index contributed by atoms with van der Waals surface area (Å²) in [6.07, 6.45) is 4.56. The summed E-state index contributed by atoms with van der Waals surface area (Å²) in [4.78, 5) is 13.7. The molecule has 3 aromatic rings. The molecule has 0 amide bonds.